The molecule has 1 aromatic rings. The van der Waals surface area contributed by atoms with E-state index in [1.165, 1.54) is 5.56 Å². The summed E-state index contributed by atoms with van der Waals surface area (Å²) in [6.45, 7) is 3.59. The first-order valence-electron chi connectivity index (χ1n) is 7.67. The zero-order valence-corrected chi connectivity index (χ0v) is 13.3. The van der Waals surface area contributed by atoms with Gasteiger partial charge in [-0.15, -0.1) is 0 Å². The number of carbonyl (C=O) groups is 2. The Balaban J connectivity index is 2.06. The highest BCUT2D eigenvalue weighted by atomic mass is 16.1. The summed E-state index contributed by atoms with van der Waals surface area (Å²) in [6, 6.07) is 2.12. The number of nitrogens with one attached hydrogen (secondary N) is 1. The summed E-state index contributed by atoms with van der Waals surface area (Å²) in [6.07, 6.45) is 3.84. The SMILES string of the molecule is CN(CCNCC=O)Cc1cc2c(nc1C=O)N(C)CCC2. The lowest BCUT2D eigenvalue weighted by Crippen LogP contribution is -2.31. The van der Waals surface area contributed by atoms with Gasteiger partial charge in [0.1, 0.15) is 17.8 Å². The Labute approximate surface area is 131 Å². The van der Waals surface area contributed by atoms with E-state index in [2.05, 4.69) is 26.2 Å². The van der Waals surface area contributed by atoms with Crippen LogP contribution in [0.1, 0.15) is 28.0 Å². The second-order valence-electron chi connectivity index (χ2n) is 5.77. The molecular formula is C16H24N4O2. The highest BCUT2D eigenvalue weighted by Crippen LogP contribution is 2.26. The monoisotopic (exact) mass is 304 g/mol. The molecule has 0 unspecified atom stereocenters. The smallest absolute Gasteiger partial charge is 0.168 e. The van der Waals surface area contributed by atoms with Gasteiger partial charge in [-0.05, 0) is 37.1 Å². The Morgan fingerprint density at radius 1 is 1.45 bits per heavy atom. The minimum Gasteiger partial charge on any atom is -0.359 e. The Hall–Kier alpha value is -1.79. The molecule has 6 nitrogen and oxygen atoms in total. The molecule has 0 spiro atoms. The van der Waals surface area contributed by atoms with Gasteiger partial charge < -0.3 is 19.9 Å². The second kappa shape index (κ2) is 8.00. The lowest BCUT2D eigenvalue weighted by Gasteiger charge is -2.27. The third-order valence-electron chi connectivity index (χ3n) is 3.94. The number of aromatic nitrogens is 1. The summed E-state index contributed by atoms with van der Waals surface area (Å²) in [7, 11) is 4.02. The van der Waals surface area contributed by atoms with Gasteiger partial charge in [0.05, 0.1) is 6.54 Å². The first kappa shape index (κ1) is 16.6. The average molecular weight is 304 g/mol. The fourth-order valence-electron chi connectivity index (χ4n) is 2.76. The first-order valence-corrected chi connectivity index (χ1v) is 7.67. The van der Waals surface area contributed by atoms with E-state index in [0.29, 0.717) is 18.8 Å². The Bertz CT molecular complexity index is 533. The van der Waals surface area contributed by atoms with Gasteiger partial charge in [0, 0.05) is 33.2 Å². The van der Waals surface area contributed by atoms with E-state index >= 15 is 0 Å². The van der Waals surface area contributed by atoms with Crippen molar-refractivity contribution in [2.24, 2.45) is 0 Å². The van der Waals surface area contributed by atoms with Crippen molar-refractivity contribution in [3.8, 4) is 0 Å². The van der Waals surface area contributed by atoms with Crippen LogP contribution in [0.4, 0.5) is 5.82 Å². The molecule has 1 aliphatic rings. The van der Waals surface area contributed by atoms with Gasteiger partial charge in [-0.3, -0.25) is 4.79 Å². The zero-order chi connectivity index (χ0) is 15.9. The van der Waals surface area contributed by atoms with Crippen LogP contribution in [0, 0.1) is 0 Å². The van der Waals surface area contributed by atoms with E-state index in [1.54, 1.807) is 0 Å². The predicted octanol–water partition coefficient (Wildman–Crippen LogP) is 0.497. The van der Waals surface area contributed by atoms with Crippen LogP contribution in [0.2, 0.25) is 0 Å². The van der Waals surface area contributed by atoms with Gasteiger partial charge in [0.2, 0.25) is 0 Å². The van der Waals surface area contributed by atoms with E-state index in [9.17, 15) is 9.59 Å². The topological polar surface area (TPSA) is 65.5 Å². The van der Waals surface area contributed by atoms with E-state index in [1.807, 2.05) is 14.1 Å². The maximum atomic E-state index is 11.3. The van der Waals surface area contributed by atoms with Crippen LogP contribution in [0.25, 0.3) is 0 Å². The van der Waals surface area contributed by atoms with Gasteiger partial charge in [-0.25, -0.2) is 4.98 Å². The van der Waals surface area contributed by atoms with Crippen molar-refractivity contribution in [3.05, 3.63) is 22.9 Å². The Morgan fingerprint density at radius 2 is 2.27 bits per heavy atom. The molecule has 0 fully saturated rings. The summed E-state index contributed by atoms with van der Waals surface area (Å²) >= 11 is 0. The van der Waals surface area contributed by atoms with Crippen LogP contribution in [-0.4, -0.2) is 62.7 Å². The molecule has 120 valence electrons. The van der Waals surface area contributed by atoms with Gasteiger partial charge >= 0.3 is 0 Å². The molecule has 0 atom stereocenters. The number of nitrogens with zero attached hydrogens (tertiary/aromatic N) is 3. The van der Waals surface area contributed by atoms with Crippen LogP contribution >= 0.6 is 0 Å². The van der Waals surface area contributed by atoms with Crippen molar-refractivity contribution >= 4 is 18.4 Å². The number of fused-ring (bicyclic) bond motifs is 1. The molecule has 22 heavy (non-hydrogen) atoms. The number of hydrogen-bond donors (Lipinski definition) is 1. The third-order valence-corrected chi connectivity index (χ3v) is 3.94. The number of likely N-dealkylation sites (N-methyl/N-ethyl adjacent to an activating group) is 1. The second-order valence-corrected chi connectivity index (χ2v) is 5.77. The van der Waals surface area contributed by atoms with Gasteiger partial charge in [0.15, 0.2) is 6.29 Å². The summed E-state index contributed by atoms with van der Waals surface area (Å²) in [5.74, 6) is 0.937. The maximum Gasteiger partial charge on any atom is 0.168 e. The van der Waals surface area contributed by atoms with E-state index in [-0.39, 0.29) is 0 Å². The molecule has 1 aliphatic heterocycles. The van der Waals surface area contributed by atoms with Crippen LogP contribution < -0.4 is 10.2 Å². The van der Waals surface area contributed by atoms with Crippen LogP contribution in [-0.2, 0) is 17.8 Å². The number of aldehydes is 2. The molecule has 0 aromatic carbocycles. The lowest BCUT2D eigenvalue weighted by molar-refractivity contribution is -0.107. The molecule has 0 bridgehead atoms. The molecular weight excluding hydrogens is 280 g/mol. The summed E-state index contributed by atoms with van der Waals surface area (Å²) in [4.78, 5) is 30.4. The molecule has 0 amide bonds. The molecule has 0 saturated heterocycles. The zero-order valence-electron chi connectivity index (χ0n) is 13.3. The first-order chi connectivity index (χ1) is 10.7. The van der Waals surface area contributed by atoms with Crippen molar-refractivity contribution in [1.29, 1.82) is 0 Å². The number of pyridine rings is 1. The molecule has 1 aromatic heterocycles. The van der Waals surface area contributed by atoms with Crippen molar-refractivity contribution in [2.45, 2.75) is 19.4 Å². The van der Waals surface area contributed by atoms with Crippen molar-refractivity contribution in [2.75, 3.05) is 45.2 Å². The third kappa shape index (κ3) is 4.11. The fraction of sp³-hybridized carbons (Fsp3) is 0.562. The number of anilines is 1. The molecule has 2 heterocycles. The quantitative estimate of drug-likeness (QED) is 0.557. The van der Waals surface area contributed by atoms with Crippen LogP contribution in [0.5, 0.6) is 0 Å². The molecule has 0 aliphatic carbocycles. The largest absolute Gasteiger partial charge is 0.359 e. The molecule has 0 radical (unpaired) electrons. The van der Waals surface area contributed by atoms with Crippen molar-refractivity contribution < 1.29 is 9.59 Å². The normalized spacial score (nSPS) is 14.0. The number of carbonyl (C=O) groups excluding carboxylic acids is 2. The summed E-state index contributed by atoms with van der Waals surface area (Å²) < 4.78 is 0. The van der Waals surface area contributed by atoms with Gasteiger partial charge in [-0.1, -0.05) is 0 Å². The van der Waals surface area contributed by atoms with Gasteiger partial charge in [0.25, 0.3) is 0 Å². The Morgan fingerprint density at radius 3 is 3.00 bits per heavy atom. The average Bonchev–Trinajstić information content (AvgIpc) is 2.51. The van der Waals surface area contributed by atoms with Gasteiger partial charge in [-0.2, -0.15) is 0 Å². The number of rotatable bonds is 8. The minimum absolute atomic E-state index is 0.375. The number of hydrogen-bond acceptors (Lipinski definition) is 6. The minimum atomic E-state index is 0.375. The fourth-order valence-corrected chi connectivity index (χ4v) is 2.76. The lowest BCUT2D eigenvalue weighted by atomic mass is 10.0. The molecule has 2 rings (SSSR count). The number of aryl methyl sites for hydroxylation is 1. The van der Waals surface area contributed by atoms with Crippen molar-refractivity contribution in [3.63, 3.8) is 0 Å². The van der Waals surface area contributed by atoms with Crippen LogP contribution in [0.15, 0.2) is 6.07 Å². The summed E-state index contributed by atoms with van der Waals surface area (Å²) in [5.41, 5.74) is 2.73. The highest BCUT2D eigenvalue weighted by Gasteiger charge is 2.18. The van der Waals surface area contributed by atoms with Crippen molar-refractivity contribution in [1.82, 2.24) is 15.2 Å². The Kier molecular flexibility index (Phi) is 6.03. The van der Waals surface area contributed by atoms with E-state index in [0.717, 1.165) is 56.4 Å². The van der Waals surface area contributed by atoms with E-state index < -0.39 is 0 Å². The van der Waals surface area contributed by atoms with Crippen LogP contribution in [0.3, 0.4) is 0 Å². The molecule has 0 saturated carbocycles. The standard InChI is InChI=1S/C16H24N4O2/c1-19(8-5-17-6-9-21)11-14-10-13-4-3-7-20(2)16(13)18-15(14)12-22/h9-10,12,17H,3-8,11H2,1-2H3. The predicted molar refractivity (Wildman–Crippen MR) is 86.5 cm³/mol. The summed E-state index contributed by atoms with van der Waals surface area (Å²) in [5, 5.41) is 3.03. The molecule has 6 heteroatoms. The maximum absolute atomic E-state index is 11.3. The molecule has 1 N–H and O–H groups in total. The highest BCUT2D eigenvalue weighted by molar-refractivity contribution is 5.76. The van der Waals surface area contributed by atoms with E-state index in [4.69, 9.17) is 0 Å².